The highest BCUT2D eigenvalue weighted by Crippen LogP contribution is 2.21. The third-order valence-electron chi connectivity index (χ3n) is 2.94. The largest absolute Gasteiger partial charge is 0.489 e. The van der Waals surface area contributed by atoms with E-state index in [0.29, 0.717) is 5.56 Å². The molecule has 2 rings (SSSR count). The minimum atomic E-state index is -1.04. The number of hydrogen-bond donors (Lipinski definition) is 1. The second-order valence-electron chi connectivity index (χ2n) is 4.59. The van der Waals surface area contributed by atoms with Crippen LogP contribution in [0, 0.1) is 0 Å². The summed E-state index contributed by atoms with van der Waals surface area (Å²) in [6.45, 7) is 0.0525. The van der Waals surface area contributed by atoms with Gasteiger partial charge < -0.3 is 9.84 Å². The Morgan fingerprint density at radius 2 is 1.50 bits per heavy atom. The van der Waals surface area contributed by atoms with Crippen LogP contribution in [0.5, 0.6) is 5.75 Å². The molecule has 24 heavy (non-hydrogen) atoms. The maximum atomic E-state index is 11.3. The molecule has 0 aliphatic carbocycles. The van der Waals surface area contributed by atoms with E-state index >= 15 is 0 Å². The molecule has 0 aliphatic rings. The van der Waals surface area contributed by atoms with Crippen LogP contribution in [0.3, 0.4) is 0 Å². The fourth-order valence-electron chi connectivity index (χ4n) is 1.87. The predicted octanol–water partition coefficient (Wildman–Crippen LogP) is 4.14. The van der Waals surface area contributed by atoms with Crippen molar-refractivity contribution in [2.24, 2.45) is 0 Å². The number of carboxylic acid groups (broad SMARTS) is 1. The van der Waals surface area contributed by atoms with Crippen molar-refractivity contribution >= 4 is 52.1 Å². The Kier molecular flexibility index (Phi) is 7.22. The van der Waals surface area contributed by atoms with Crippen molar-refractivity contribution in [1.29, 1.82) is 0 Å². The average molecular weight is 390 g/mol. The van der Waals surface area contributed by atoms with Gasteiger partial charge in [0, 0.05) is 11.1 Å². The van der Waals surface area contributed by atoms with Crippen LogP contribution in [0.25, 0.3) is 0 Å². The standard InChI is InChI=1S/C16H10Cl2O5.ClH/c17-14(19)11-5-12(15(18)20)7-13(6-11)23-8-9-2-1-3-10(4-9)16(21)22;/h1-7H,8H2,(H,21,22);1H. The molecule has 5 nitrogen and oxygen atoms in total. The first kappa shape index (κ1) is 20.0. The van der Waals surface area contributed by atoms with E-state index in [0.717, 1.165) is 0 Å². The van der Waals surface area contributed by atoms with Gasteiger partial charge in [-0.05, 0) is 59.1 Å². The van der Waals surface area contributed by atoms with Gasteiger partial charge in [0.2, 0.25) is 0 Å². The molecule has 0 amide bonds. The molecule has 0 aliphatic heterocycles. The van der Waals surface area contributed by atoms with Crippen LogP contribution in [0.15, 0.2) is 42.5 Å². The topological polar surface area (TPSA) is 80.7 Å². The monoisotopic (exact) mass is 388 g/mol. The molecule has 0 bridgehead atoms. The molecule has 0 heterocycles. The first-order chi connectivity index (χ1) is 10.9. The minimum absolute atomic E-state index is 0. The van der Waals surface area contributed by atoms with Crippen LogP contribution in [-0.4, -0.2) is 21.6 Å². The van der Waals surface area contributed by atoms with E-state index in [2.05, 4.69) is 0 Å². The van der Waals surface area contributed by atoms with Gasteiger partial charge in [-0.3, -0.25) is 9.59 Å². The van der Waals surface area contributed by atoms with E-state index in [-0.39, 0.29) is 41.5 Å². The van der Waals surface area contributed by atoms with E-state index in [4.69, 9.17) is 33.0 Å². The predicted molar refractivity (Wildman–Crippen MR) is 91.8 cm³/mol. The van der Waals surface area contributed by atoms with Gasteiger partial charge in [-0.1, -0.05) is 12.1 Å². The average Bonchev–Trinajstić information content (AvgIpc) is 2.52. The van der Waals surface area contributed by atoms with E-state index in [1.807, 2.05) is 0 Å². The normalized spacial score (nSPS) is 9.75. The van der Waals surface area contributed by atoms with E-state index in [1.165, 1.54) is 30.3 Å². The second kappa shape index (κ2) is 8.68. The first-order valence-corrected chi connectivity index (χ1v) is 7.12. The van der Waals surface area contributed by atoms with Gasteiger partial charge >= 0.3 is 5.97 Å². The van der Waals surface area contributed by atoms with Crippen LogP contribution in [0.2, 0.25) is 0 Å². The van der Waals surface area contributed by atoms with Crippen molar-refractivity contribution in [3.05, 3.63) is 64.7 Å². The molecule has 2 aromatic rings. The summed E-state index contributed by atoms with van der Waals surface area (Å²) in [5, 5.41) is 7.45. The van der Waals surface area contributed by atoms with Gasteiger partial charge in [0.05, 0.1) is 5.56 Å². The fraction of sp³-hybridized carbons (Fsp3) is 0.0625. The van der Waals surface area contributed by atoms with Crippen molar-refractivity contribution in [2.45, 2.75) is 6.61 Å². The summed E-state index contributed by atoms with van der Waals surface area (Å²) in [6, 6.07) is 10.2. The molecule has 0 atom stereocenters. The molecule has 1 N–H and O–H groups in total. The summed E-state index contributed by atoms with van der Waals surface area (Å²) < 4.78 is 5.49. The summed E-state index contributed by atoms with van der Waals surface area (Å²) >= 11 is 10.8. The summed E-state index contributed by atoms with van der Waals surface area (Å²) in [7, 11) is 0. The van der Waals surface area contributed by atoms with Crippen LogP contribution >= 0.6 is 35.6 Å². The zero-order chi connectivity index (χ0) is 17.0. The van der Waals surface area contributed by atoms with Crippen molar-refractivity contribution in [2.75, 3.05) is 0 Å². The zero-order valence-corrected chi connectivity index (χ0v) is 14.3. The molecule has 8 heteroatoms. The summed E-state index contributed by atoms with van der Waals surface area (Å²) in [4.78, 5) is 33.4. The number of halogens is 3. The second-order valence-corrected chi connectivity index (χ2v) is 5.27. The van der Waals surface area contributed by atoms with Crippen LogP contribution in [0.1, 0.15) is 36.6 Å². The van der Waals surface area contributed by atoms with Crippen molar-refractivity contribution in [1.82, 2.24) is 0 Å². The highest BCUT2D eigenvalue weighted by molar-refractivity contribution is 6.69. The highest BCUT2D eigenvalue weighted by atomic mass is 35.5. The molecule has 2 aromatic carbocycles. The van der Waals surface area contributed by atoms with Crippen LogP contribution < -0.4 is 4.74 Å². The van der Waals surface area contributed by atoms with Gasteiger partial charge in [0.1, 0.15) is 12.4 Å². The molecular formula is C16H11Cl3O5. The number of carboxylic acids is 1. The highest BCUT2D eigenvalue weighted by Gasteiger charge is 2.11. The number of hydrogen-bond acceptors (Lipinski definition) is 4. The third kappa shape index (κ3) is 5.23. The Labute approximate surface area is 153 Å². The first-order valence-electron chi connectivity index (χ1n) is 6.36. The molecule has 0 unspecified atom stereocenters. The number of rotatable bonds is 6. The lowest BCUT2D eigenvalue weighted by atomic mass is 10.1. The Hall–Kier alpha value is -2.08. The van der Waals surface area contributed by atoms with E-state index < -0.39 is 16.5 Å². The maximum Gasteiger partial charge on any atom is 0.335 e. The van der Waals surface area contributed by atoms with Gasteiger partial charge in [-0.25, -0.2) is 4.79 Å². The molecule has 126 valence electrons. The smallest absolute Gasteiger partial charge is 0.335 e. The summed E-state index contributed by atoms with van der Waals surface area (Å²) in [5.74, 6) is -0.821. The van der Waals surface area contributed by atoms with Gasteiger partial charge in [0.25, 0.3) is 10.5 Å². The lowest BCUT2D eigenvalue weighted by molar-refractivity contribution is 0.0696. The number of aromatic carboxylic acids is 1. The zero-order valence-electron chi connectivity index (χ0n) is 12.0. The Morgan fingerprint density at radius 1 is 0.917 bits per heavy atom. The number of benzene rings is 2. The molecule has 0 radical (unpaired) electrons. The molecule has 0 saturated carbocycles. The summed E-state index contributed by atoms with van der Waals surface area (Å²) in [5.41, 5.74) is 0.901. The third-order valence-corrected chi connectivity index (χ3v) is 3.38. The molecule has 0 aromatic heterocycles. The minimum Gasteiger partial charge on any atom is -0.489 e. The Bertz CT molecular complexity index is 757. The van der Waals surface area contributed by atoms with Crippen molar-refractivity contribution in [3.63, 3.8) is 0 Å². The Balaban J connectivity index is 0.00000288. The molecular weight excluding hydrogens is 379 g/mol. The molecule has 0 spiro atoms. The van der Waals surface area contributed by atoms with E-state index in [9.17, 15) is 14.4 Å². The lowest BCUT2D eigenvalue weighted by Gasteiger charge is -2.09. The fourth-order valence-corrected chi connectivity index (χ4v) is 2.09. The molecule has 0 fully saturated rings. The van der Waals surface area contributed by atoms with E-state index in [1.54, 1.807) is 12.1 Å². The molecule has 0 saturated heterocycles. The SMILES string of the molecule is Cl.O=C(O)c1cccc(COc2cc(C(=O)Cl)cc(C(=O)Cl)c2)c1. The summed E-state index contributed by atoms with van der Waals surface area (Å²) in [6.07, 6.45) is 0. The van der Waals surface area contributed by atoms with Gasteiger partial charge in [-0.15, -0.1) is 12.4 Å². The van der Waals surface area contributed by atoms with Crippen molar-refractivity contribution in [3.8, 4) is 5.75 Å². The number of carbonyl (C=O) groups is 3. The number of ether oxygens (including phenoxy) is 1. The van der Waals surface area contributed by atoms with Crippen molar-refractivity contribution < 1.29 is 24.2 Å². The van der Waals surface area contributed by atoms with Gasteiger partial charge in [0.15, 0.2) is 0 Å². The van der Waals surface area contributed by atoms with Gasteiger partial charge in [-0.2, -0.15) is 0 Å². The lowest BCUT2D eigenvalue weighted by Crippen LogP contribution is -2.02. The van der Waals surface area contributed by atoms with Crippen LogP contribution in [-0.2, 0) is 6.61 Å². The number of carbonyl (C=O) groups excluding carboxylic acids is 2. The van der Waals surface area contributed by atoms with Crippen LogP contribution in [0.4, 0.5) is 0 Å². The quantitative estimate of drug-likeness (QED) is 0.751. The maximum absolute atomic E-state index is 11.3. The Morgan fingerprint density at radius 3 is 2.00 bits per heavy atom.